The van der Waals surface area contributed by atoms with E-state index in [1.165, 1.54) is 0 Å². The highest BCUT2D eigenvalue weighted by atomic mass is 32.2. The minimum atomic E-state index is -3.73. The molecule has 8 nitrogen and oxygen atoms in total. The molecular weight excluding hydrogens is 312 g/mol. The summed E-state index contributed by atoms with van der Waals surface area (Å²) < 4.78 is 26.6. The fraction of sp³-hybridized carbons (Fsp3) is 0.500. The molecule has 1 unspecified atom stereocenters. The Balaban J connectivity index is 2.27. The summed E-state index contributed by atoms with van der Waals surface area (Å²) in [7, 11) is -3.73. The third-order valence-corrected chi connectivity index (χ3v) is 6.75. The number of nitrogen functional groups attached to an aromatic ring is 1. The summed E-state index contributed by atoms with van der Waals surface area (Å²) in [6.45, 7) is 0. The van der Waals surface area contributed by atoms with Crippen LogP contribution in [0.3, 0.4) is 0 Å². The van der Waals surface area contributed by atoms with Crippen LogP contribution in [0.15, 0.2) is 10.3 Å². The van der Waals surface area contributed by atoms with Gasteiger partial charge in [-0.2, -0.15) is 11.8 Å². The molecule has 0 saturated carbocycles. The molecule has 4 N–H and O–H groups in total. The predicted molar refractivity (Wildman–Crippen MR) is 74.8 cm³/mol. The Morgan fingerprint density at radius 1 is 1.53 bits per heavy atom. The summed E-state index contributed by atoms with van der Waals surface area (Å²) in [6, 6.07) is 0.898. The van der Waals surface area contributed by atoms with Crippen LogP contribution in [0, 0.1) is 10.1 Å². The Hall–Kier alpha value is -0.880. The van der Waals surface area contributed by atoms with Crippen LogP contribution in [-0.4, -0.2) is 30.9 Å². The number of sulfonamides is 1. The van der Waals surface area contributed by atoms with Gasteiger partial charge in [0.05, 0.1) is 4.92 Å². The first-order valence-corrected chi connectivity index (χ1v) is 8.74. The number of rotatable bonds is 5. The number of nitrogens with one attached hydrogen (secondary N) is 2. The van der Waals surface area contributed by atoms with E-state index in [9.17, 15) is 18.5 Å². The standard InChI is InChI=1S/C8H12N4O4S3/c9-10-8-6(12(13)14)3-7(18-8)19(15,16)11-5-1-2-17-4-5/h3,5,10-11H,1-2,4,9H2. The number of hydrogen-bond donors (Lipinski definition) is 3. The maximum atomic E-state index is 12.1. The van der Waals surface area contributed by atoms with Crippen molar-refractivity contribution >= 4 is 43.8 Å². The van der Waals surface area contributed by atoms with Crippen LogP contribution in [0.5, 0.6) is 0 Å². The van der Waals surface area contributed by atoms with E-state index < -0.39 is 14.9 Å². The number of anilines is 1. The topological polar surface area (TPSA) is 127 Å². The average Bonchev–Trinajstić information content (AvgIpc) is 2.95. The number of nitro groups is 1. The maximum Gasteiger partial charge on any atom is 0.306 e. The molecule has 1 atom stereocenters. The normalized spacial score (nSPS) is 19.5. The predicted octanol–water partition coefficient (Wildman–Crippen LogP) is 0.726. The SMILES string of the molecule is NNc1sc(S(=O)(=O)NC2CCSC2)cc1[N+](=O)[O-]. The number of thiophene rings is 1. The zero-order valence-electron chi connectivity index (χ0n) is 9.66. The second-order valence-electron chi connectivity index (χ2n) is 3.86. The molecule has 11 heteroatoms. The fourth-order valence-electron chi connectivity index (χ4n) is 1.64. The van der Waals surface area contributed by atoms with Gasteiger partial charge in [0.1, 0.15) is 4.21 Å². The molecule has 1 saturated heterocycles. The molecule has 1 aliphatic heterocycles. The number of hydrazine groups is 1. The summed E-state index contributed by atoms with van der Waals surface area (Å²) in [6.07, 6.45) is 0.763. The van der Waals surface area contributed by atoms with Crippen molar-refractivity contribution in [2.24, 2.45) is 5.84 Å². The van der Waals surface area contributed by atoms with Crippen LogP contribution in [0.4, 0.5) is 10.7 Å². The van der Waals surface area contributed by atoms with Crippen LogP contribution in [0.25, 0.3) is 0 Å². The van der Waals surface area contributed by atoms with Gasteiger partial charge in [-0.3, -0.25) is 10.1 Å². The summed E-state index contributed by atoms with van der Waals surface area (Å²) >= 11 is 2.41. The number of thioether (sulfide) groups is 1. The van der Waals surface area contributed by atoms with Gasteiger partial charge < -0.3 is 5.43 Å². The minimum absolute atomic E-state index is 0.0196. The Morgan fingerprint density at radius 3 is 2.74 bits per heavy atom. The van der Waals surface area contributed by atoms with E-state index in [2.05, 4.69) is 10.1 Å². The molecule has 19 heavy (non-hydrogen) atoms. The monoisotopic (exact) mass is 324 g/mol. The highest BCUT2D eigenvalue weighted by Crippen LogP contribution is 2.36. The minimum Gasteiger partial charge on any atom is -0.310 e. The van der Waals surface area contributed by atoms with Crippen LogP contribution in [0.2, 0.25) is 0 Å². The number of hydrogen-bond acceptors (Lipinski definition) is 8. The van der Waals surface area contributed by atoms with Gasteiger partial charge in [0.15, 0.2) is 5.00 Å². The van der Waals surface area contributed by atoms with Gasteiger partial charge in [-0.1, -0.05) is 11.3 Å². The van der Waals surface area contributed by atoms with Gasteiger partial charge >= 0.3 is 5.69 Å². The number of nitrogens with two attached hydrogens (primary N) is 1. The van der Waals surface area contributed by atoms with E-state index in [-0.39, 0.29) is 20.9 Å². The molecule has 0 bridgehead atoms. The van der Waals surface area contributed by atoms with Gasteiger partial charge in [-0.15, -0.1) is 0 Å². The first-order chi connectivity index (χ1) is 8.94. The van der Waals surface area contributed by atoms with Gasteiger partial charge in [-0.25, -0.2) is 19.0 Å². The summed E-state index contributed by atoms with van der Waals surface area (Å²) in [5, 5.41) is 10.8. The summed E-state index contributed by atoms with van der Waals surface area (Å²) in [5.74, 6) is 6.77. The highest BCUT2D eigenvalue weighted by molar-refractivity contribution is 7.99. The van der Waals surface area contributed by atoms with E-state index in [0.29, 0.717) is 5.75 Å². The number of nitrogens with zero attached hydrogens (tertiary/aromatic N) is 1. The van der Waals surface area contributed by atoms with Crippen LogP contribution < -0.4 is 16.0 Å². The lowest BCUT2D eigenvalue weighted by Crippen LogP contribution is -2.34. The largest absolute Gasteiger partial charge is 0.310 e. The molecule has 2 heterocycles. The van der Waals surface area contributed by atoms with Crippen molar-refractivity contribution in [2.75, 3.05) is 16.9 Å². The third kappa shape index (κ3) is 3.17. The van der Waals surface area contributed by atoms with E-state index >= 15 is 0 Å². The third-order valence-electron chi connectivity index (χ3n) is 2.53. The zero-order chi connectivity index (χ0) is 14.0. The molecule has 1 aromatic rings. The Labute approximate surface area is 117 Å². The van der Waals surface area contributed by atoms with E-state index in [4.69, 9.17) is 5.84 Å². The van der Waals surface area contributed by atoms with Crippen molar-refractivity contribution in [1.82, 2.24) is 4.72 Å². The van der Waals surface area contributed by atoms with Crippen molar-refractivity contribution in [1.29, 1.82) is 0 Å². The molecule has 0 aliphatic carbocycles. The van der Waals surface area contributed by atoms with Crippen molar-refractivity contribution in [2.45, 2.75) is 16.7 Å². The Morgan fingerprint density at radius 2 is 2.26 bits per heavy atom. The Bertz CT molecular complexity index is 579. The molecular formula is C8H12N4O4S3. The fourth-order valence-corrected chi connectivity index (χ4v) is 5.42. The zero-order valence-corrected chi connectivity index (χ0v) is 12.1. The lowest BCUT2D eigenvalue weighted by Gasteiger charge is -2.09. The molecule has 2 rings (SSSR count). The summed E-state index contributed by atoms with van der Waals surface area (Å²) in [5.41, 5.74) is 1.80. The molecule has 106 valence electrons. The summed E-state index contributed by atoms with van der Waals surface area (Å²) in [4.78, 5) is 10.1. The molecule has 0 amide bonds. The van der Waals surface area contributed by atoms with Crippen molar-refractivity contribution in [3.8, 4) is 0 Å². The van der Waals surface area contributed by atoms with Crippen LogP contribution in [-0.2, 0) is 10.0 Å². The average molecular weight is 324 g/mol. The lowest BCUT2D eigenvalue weighted by atomic mass is 10.3. The van der Waals surface area contributed by atoms with Crippen LogP contribution >= 0.6 is 23.1 Å². The van der Waals surface area contributed by atoms with E-state index in [0.717, 1.165) is 29.6 Å². The van der Waals surface area contributed by atoms with E-state index in [1.54, 1.807) is 11.8 Å². The smallest absolute Gasteiger partial charge is 0.306 e. The second kappa shape index (κ2) is 5.63. The molecule has 0 spiro atoms. The van der Waals surface area contributed by atoms with Gasteiger partial charge in [0, 0.05) is 17.9 Å². The lowest BCUT2D eigenvalue weighted by molar-refractivity contribution is -0.383. The Kier molecular flexibility index (Phi) is 4.30. The van der Waals surface area contributed by atoms with Gasteiger partial charge in [0.2, 0.25) is 0 Å². The van der Waals surface area contributed by atoms with Gasteiger partial charge in [0.25, 0.3) is 10.0 Å². The van der Waals surface area contributed by atoms with Crippen molar-refractivity contribution in [3.63, 3.8) is 0 Å². The maximum absolute atomic E-state index is 12.1. The highest BCUT2D eigenvalue weighted by Gasteiger charge is 2.28. The van der Waals surface area contributed by atoms with Crippen molar-refractivity contribution in [3.05, 3.63) is 16.2 Å². The second-order valence-corrected chi connectivity index (χ2v) is 8.01. The first-order valence-electron chi connectivity index (χ1n) is 5.29. The molecule has 1 aromatic heterocycles. The van der Waals surface area contributed by atoms with Crippen LogP contribution in [0.1, 0.15) is 6.42 Å². The molecule has 1 aliphatic rings. The molecule has 0 radical (unpaired) electrons. The van der Waals surface area contributed by atoms with Crippen molar-refractivity contribution < 1.29 is 13.3 Å². The molecule has 0 aromatic carbocycles. The van der Waals surface area contributed by atoms with Gasteiger partial charge in [-0.05, 0) is 12.2 Å². The first kappa shape index (κ1) is 14.5. The van der Waals surface area contributed by atoms with E-state index in [1.807, 2.05) is 0 Å². The molecule has 1 fully saturated rings. The quantitative estimate of drug-likeness (QED) is 0.414.